The van der Waals surface area contributed by atoms with E-state index in [-0.39, 0.29) is 5.56 Å². The fourth-order valence-corrected chi connectivity index (χ4v) is 5.07. The zero-order valence-electron chi connectivity index (χ0n) is 19.3. The number of halogens is 1. The Balaban J connectivity index is 1.43. The molecule has 0 bridgehead atoms. The SMILES string of the molecule is Cc1ccc(C)c(Cc2c(C)nc3nc(SCc4cc(=O)n5cc(Br)ccc5n4)nn3c2C)c1. The Labute approximate surface area is 209 Å². The van der Waals surface area contributed by atoms with Crippen LogP contribution < -0.4 is 5.56 Å². The average molecular weight is 535 g/mol. The van der Waals surface area contributed by atoms with Crippen molar-refractivity contribution in [1.29, 1.82) is 0 Å². The van der Waals surface area contributed by atoms with E-state index in [2.05, 4.69) is 64.9 Å². The van der Waals surface area contributed by atoms with E-state index in [4.69, 9.17) is 10.1 Å². The van der Waals surface area contributed by atoms with Crippen LogP contribution in [0.15, 0.2) is 57.0 Å². The molecule has 0 aliphatic carbocycles. The summed E-state index contributed by atoms with van der Waals surface area (Å²) in [4.78, 5) is 26.4. The number of aromatic nitrogens is 6. The molecule has 9 heteroatoms. The number of fused-ring (bicyclic) bond motifs is 2. The van der Waals surface area contributed by atoms with Gasteiger partial charge in [-0.15, -0.1) is 5.10 Å². The zero-order chi connectivity index (χ0) is 24.0. The highest BCUT2D eigenvalue weighted by Crippen LogP contribution is 2.24. The molecule has 0 aliphatic rings. The number of nitrogens with zero attached hydrogens (tertiary/aromatic N) is 6. The van der Waals surface area contributed by atoms with Gasteiger partial charge in [0.15, 0.2) is 0 Å². The van der Waals surface area contributed by atoms with E-state index in [1.807, 2.05) is 23.6 Å². The topological polar surface area (TPSA) is 77.5 Å². The van der Waals surface area contributed by atoms with Gasteiger partial charge >= 0.3 is 0 Å². The van der Waals surface area contributed by atoms with Gasteiger partial charge in [-0.05, 0) is 72.4 Å². The number of rotatable bonds is 5. The fraction of sp³-hybridized carbons (Fsp3) is 0.240. The zero-order valence-corrected chi connectivity index (χ0v) is 21.7. The Kier molecular flexibility index (Phi) is 5.99. The van der Waals surface area contributed by atoms with Crippen LogP contribution in [0, 0.1) is 27.7 Å². The lowest BCUT2D eigenvalue weighted by molar-refractivity contribution is 0.823. The van der Waals surface area contributed by atoms with Crippen molar-refractivity contribution in [2.75, 3.05) is 0 Å². The van der Waals surface area contributed by atoms with Crippen LogP contribution in [-0.4, -0.2) is 29.0 Å². The largest absolute Gasteiger partial charge is 0.269 e. The summed E-state index contributed by atoms with van der Waals surface area (Å²) in [5.74, 6) is 1.07. The minimum Gasteiger partial charge on any atom is -0.269 e. The summed E-state index contributed by atoms with van der Waals surface area (Å²) in [6.07, 6.45) is 2.52. The van der Waals surface area contributed by atoms with E-state index in [0.29, 0.717) is 28.0 Å². The van der Waals surface area contributed by atoms with Crippen molar-refractivity contribution in [3.63, 3.8) is 0 Å². The fourth-order valence-electron chi connectivity index (χ4n) is 4.03. The summed E-state index contributed by atoms with van der Waals surface area (Å²) in [7, 11) is 0. The molecule has 1 aromatic carbocycles. The molecule has 5 aromatic rings. The number of benzene rings is 1. The molecule has 172 valence electrons. The van der Waals surface area contributed by atoms with Gasteiger partial charge in [0.05, 0.1) is 5.69 Å². The summed E-state index contributed by atoms with van der Waals surface area (Å²) in [6.45, 7) is 8.35. The molecule has 4 heterocycles. The predicted molar refractivity (Wildman–Crippen MR) is 138 cm³/mol. The minimum atomic E-state index is -0.117. The number of pyridine rings is 1. The van der Waals surface area contributed by atoms with Gasteiger partial charge in [0.2, 0.25) is 5.16 Å². The summed E-state index contributed by atoms with van der Waals surface area (Å²) in [5.41, 5.74) is 8.16. The lowest BCUT2D eigenvalue weighted by Gasteiger charge is -2.12. The van der Waals surface area contributed by atoms with E-state index in [9.17, 15) is 4.79 Å². The summed E-state index contributed by atoms with van der Waals surface area (Å²) in [5, 5.41) is 5.30. The minimum absolute atomic E-state index is 0.117. The highest BCUT2D eigenvalue weighted by atomic mass is 79.9. The third kappa shape index (κ3) is 4.37. The molecule has 0 aliphatic heterocycles. The molecule has 0 N–H and O–H groups in total. The van der Waals surface area contributed by atoms with Crippen LogP contribution >= 0.6 is 27.7 Å². The maximum Gasteiger partial charge on any atom is 0.258 e. The van der Waals surface area contributed by atoms with Gasteiger partial charge in [0.1, 0.15) is 5.65 Å². The van der Waals surface area contributed by atoms with Crippen LogP contribution in [0.2, 0.25) is 0 Å². The molecule has 0 saturated carbocycles. The first-order chi connectivity index (χ1) is 16.3. The number of hydrogen-bond acceptors (Lipinski definition) is 6. The van der Waals surface area contributed by atoms with Crippen molar-refractivity contribution in [1.82, 2.24) is 29.0 Å². The molecule has 0 amide bonds. The standard InChI is InChI=1S/C25H23BrN6OS/c1-14-5-6-15(2)18(9-14)10-21-16(3)27-24-29-25(30-32(24)17(21)4)34-13-20-11-23(33)31-12-19(26)7-8-22(31)28-20/h5-9,11-12H,10,13H2,1-4H3. The highest BCUT2D eigenvalue weighted by Gasteiger charge is 2.15. The number of aryl methyl sites for hydroxylation is 4. The third-order valence-corrected chi connectivity index (χ3v) is 7.27. The lowest BCUT2D eigenvalue weighted by Crippen LogP contribution is -2.15. The van der Waals surface area contributed by atoms with Gasteiger partial charge < -0.3 is 0 Å². The Morgan fingerprint density at radius 1 is 1.00 bits per heavy atom. The van der Waals surface area contributed by atoms with Crippen LogP contribution in [-0.2, 0) is 12.2 Å². The normalized spacial score (nSPS) is 11.6. The third-order valence-electron chi connectivity index (χ3n) is 5.93. The molecule has 5 rings (SSSR count). The van der Waals surface area contributed by atoms with E-state index in [0.717, 1.165) is 27.8 Å². The maximum atomic E-state index is 12.5. The van der Waals surface area contributed by atoms with Gasteiger partial charge in [-0.1, -0.05) is 35.5 Å². The summed E-state index contributed by atoms with van der Waals surface area (Å²) >= 11 is 4.83. The molecule has 0 atom stereocenters. The number of hydrogen-bond donors (Lipinski definition) is 0. The molecular formula is C25H23BrN6OS. The van der Waals surface area contributed by atoms with Gasteiger partial charge in [-0.3, -0.25) is 9.20 Å². The van der Waals surface area contributed by atoms with Crippen LogP contribution in [0.25, 0.3) is 11.4 Å². The Hall–Kier alpha value is -3.04. The maximum absolute atomic E-state index is 12.5. The molecule has 7 nitrogen and oxygen atoms in total. The van der Waals surface area contributed by atoms with Crippen molar-refractivity contribution in [2.45, 2.75) is 45.0 Å². The molecule has 0 radical (unpaired) electrons. The summed E-state index contributed by atoms with van der Waals surface area (Å²) < 4.78 is 4.17. The van der Waals surface area contributed by atoms with Crippen molar-refractivity contribution in [3.05, 3.63) is 96.8 Å². The van der Waals surface area contributed by atoms with Gasteiger partial charge in [0, 0.05) is 40.3 Å². The Bertz CT molecular complexity index is 1620. The molecule has 34 heavy (non-hydrogen) atoms. The smallest absolute Gasteiger partial charge is 0.258 e. The van der Waals surface area contributed by atoms with E-state index in [1.54, 1.807) is 12.3 Å². The van der Waals surface area contributed by atoms with Crippen LogP contribution in [0.5, 0.6) is 0 Å². The van der Waals surface area contributed by atoms with E-state index in [1.165, 1.54) is 32.9 Å². The summed E-state index contributed by atoms with van der Waals surface area (Å²) in [6, 6.07) is 11.8. The molecule has 0 fully saturated rings. The molecule has 0 unspecified atom stereocenters. The Morgan fingerprint density at radius 2 is 1.82 bits per heavy atom. The predicted octanol–water partition coefficient (Wildman–Crippen LogP) is 5.01. The second-order valence-electron chi connectivity index (χ2n) is 8.42. The van der Waals surface area contributed by atoms with Gasteiger partial charge in [0.25, 0.3) is 11.3 Å². The van der Waals surface area contributed by atoms with Crippen molar-refractivity contribution in [3.8, 4) is 0 Å². The lowest BCUT2D eigenvalue weighted by atomic mass is 9.97. The van der Waals surface area contributed by atoms with Crippen molar-refractivity contribution < 1.29 is 0 Å². The first-order valence-electron chi connectivity index (χ1n) is 10.9. The molecule has 0 spiro atoms. The molecular weight excluding hydrogens is 512 g/mol. The second-order valence-corrected chi connectivity index (χ2v) is 10.3. The van der Waals surface area contributed by atoms with Gasteiger partial charge in [-0.25, -0.2) is 14.5 Å². The second kappa shape index (κ2) is 8.96. The van der Waals surface area contributed by atoms with Crippen LogP contribution in [0.4, 0.5) is 0 Å². The highest BCUT2D eigenvalue weighted by molar-refractivity contribution is 9.10. The van der Waals surface area contributed by atoms with Crippen molar-refractivity contribution in [2.24, 2.45) is 0 Å². The van der Waals surface area contributed by atoms with Crippen LogP contribution in [0.1, 0.15) is 39.3 Å². The Morgan fingerprint density at radius 3 is 2.65 bits per heavy atom. The quantitative estimate of drug-likeness (QED) is 0.295. The average Bonchev–Trinajstić information content (AvgIpc) is 3.21. The molecule has 0 saturated heterocycles. The molecule has 4 aromatic heterocycles. The van der Waals surface area contributed by atoms with E-state index >= 15 is 0 Å². The monoisotopic (exact) mass is 534 g/mol. The first kappa shape index (κ1) is 22.7. The number of thioether (sulfide) groups is 1. The van der Waals surface area contributed by atoms with E-state index < -0.39 is 0 Å². The van der Waals surface area contributed by atoms with Crippen molar-refractivity contribution >= 4 is 39.1 Å². The van der Waals surface area contributed by atoms with Gasteiger partial charge in [-0.2, -0.15) is 4.98 Å². The first-order valence-corrected chi connectivity index (χ1v) is 12.7. The van der Waals surface area contributed by atoms with Crippen LogP contribution in [0.3, 0.4) is 0 Å².